The Morgan fingerprint density at radius 1 is 0.982 bits per heavy atom. The number of nitrogens with one attached hydrogen (secondary N) is 4. The summed E-state index contributed by atoms with van der Waals surface area (Å²) in [7, 11) is 1.64. The van der Waals surface area contributed by atoms with Crippen LogP contribution in [0.15, 0.2) is 72.9 Å². The third kappa shape index (κ3) is 9.28. The van der Waals surface area contributed by atoms with Crippen LogP contribution < -0.4 is 26.0 Å². The van der Waals surface area contributed by atoms with Crippen molar-refractivity contribution in [3.05, 3.63) is 89.7 Å². The molecule has 4 heterocycles. The van der Waals surface area contributed by atoms with Crippen LogP contribution in [0.25, 0.3) is 10.8 Å². The standard InChI is InChI=1S/C40H48N8O7/c1-23(2)35(44-36(49)24(3)41-4)39(52)47-21-30-19-34(47)38(51)42-32(16-12-25-9-13-27-7-5-6-8-28(27)17-25)37(50)43-33(40(53)54)18-26-10-14-31(15-11-26)55-22-29-20-48(30)46-45-29/h5-11,13-15,17,20,23-24,30,32-35,41H,12,16,18-19,21-22H2,1-4H3,(H,42,51)(H,43,50)(H,44,49)(H,53,54)/t24-,30-,32-,33-,34-,35-/m0/s1. The molecule has 0 radical (unpaired) electrons. The monoisotopic (exact) mass is 752 g/mol. The number of benzene rings is 3. The van der Waals surface area contributed by atoms with E-state index < -0.39 is 59.9 Å². The zero-order chi connectivity index (χ0) is 39.2. The maximum Gasteiger partial charge on any atom is 0.326 e. The molecule has 4 amide bonds. The van der Waals surface area contributed by atoms with E-state index in [9.17, 15) is 29.1 Å². The van der Waals surface area contributed by atoms with Crippen LogP contribution in [0.4, 0.5) is 0 Å². The number of amides is 4. The van der Waals surface area contributed by atoms with Crippen molar-refractivity contribution < 1.29 is 33.8 Å². The highest BCUT2D eigenvalue weighted by Crippen LogP contribution is 2.29. The fourth-order valence-electron chi connectivity index (χ4n) is 6.99. The highest BCUT2D eigenvalue weighted by Gasteiger charge is 2.45. The molecule has 6 atom stereocenters. The quantitative estimate of drug-likeness (QED) is 0.169. The molecule has 290 valence electrons. The molecule has 55 heavy (non-hydrogen) atoms. The van der Waals surface area contributed by atoms with E-state index in [4.69, 9.17) is 4.74 Å². The number of carboxylic acids is 1. The highest BCUT2D eigenvalue weighted by molar-refractivity contribution is 5.96. The number of carbonyl (C=O) groups is 5. The van der Waals surface area contributed by atoms with Gasteiger partial charge in [0.05, 0.1) is 18.3 Å². The first-order valence-electron chi connectivity index (χ1n) is 18.6. The fraction of sp³-hybridized carbons (Fsp3) is 0.425. The van der Waals surface area contributed by atoms with E-state index in [2.05, 4.69) is 31.6 Å². The minimum absolute atomic E-state index is 0.0118. The van der Waals surface area contributed by atoms with Crippen molar-refractivity contribution in [2.75, 3.05) is 13.6 Å². The Kier molecular flexibility index (Phi) is 12.1. The lowest BCUT2D eigenvalue weighted by Crippen LogP contribution is -2.59. The van der Waals surface area contributed by atoms with E-state index in [-0.39, 0.29) is 44.2 Å². The molecule has 3 aromatic carbocycles. The van der Waals surface area contributed by atoms with Crippen LogP contribution in [0.3, 0.4) is 0 Å². The van der Waals surface area contributed by atoms with Crippen molar-refractivity contribution in [2.24, 2.45) is 5.92 Å². The minimum atomic E-state index is -1.29. The number of nitrogens with zero attached hydrogens (tertiary/aromatic N) is 4. The summed E-state index contributed by atoms with van der Waals surface area (Å²) in [5.74, 6) is -3.09. The molecule has 4 aromatic rings. The van der Waals surface area contributed by atoms with Gasteiger partial charge in [-0.15, -0.1) is 5.10 Å². The first-order valence-corrected chi connectivity index (χ1v) is 18.6. The van der Waals surface area contributed by atoms with Gasteiger partial charge < -0.3 is 36.0 Å². The van der Waals surface area contributed by atoms with Gasteiger partial charge in [-0.1, -0.05) is 73.7 Å². The summed E-state index contributed by atoms with van der Waals surface area (Å²) in [4.78, 5) is 69.7. The number of hydrogen-bond acceptors (Lipinski definition) is 9. The van der Waals surface area contributed by atoms with Gasteiger partial charge in [-0.2, -0.15) is 0 Å². The summed E-state index contributed by atoms with van der Waals surface area (Å²) < 4.78 is 7.53. The fourth-order valence-corrected chi connectivity index (χ4v) is 6.99. The van der Waals surface area contributed by atoms with Crippen LogP contribution in [0.5, 0.6) is 5.75 Å². The Hall–Kier alpha value is -5.83. The summed E-state index contributed by atoms with van der Waals surface area (Å²) in [6.45, 7) is 5.48. The number of likely N-dealkylation sites (N-methyl/N-ethyl adjacent to an activating group) is 1. The van der Waals surface area contributed by atoms with Gasteiger partial charge in [0.2, 0.25) is 23.6 Å². The molecule has 6 bridgehead atoms. The second-order valence-electron chi connectivity index (χ2n) is 14.6. The number of aromatic nitrogens is 3. The van der Waals surface area contributed by atoms with Gasteiger partial charge in [0.25, 0.3) is 0 Å². The van der Waals surface area contributed by atoms with Crippen LogP contribution >= 0.6 is 0 Å². The lowest BCUT2D eigenvalue weighted by molar-refractivity contribution is -0.144. The Morgan fingerprint density at radius 2 is 1.73 bits per heavy atom. The average molecular weight is 753 g/mol. The SMILES string of the molecule is CN[C@@H](C)C(=O)N[C@H](C(=O)N1C[C@@H]2C[C@H]1C(=O)N[C@@H](CCc1ccc3ccccc3c1)C(=O)N[C@H](C(=O)O)Cc1ccc(cc1)OCc1cn2nn1)C(C)C. The average Bonchev–Trinajstić information content (AvgIpc) is 3.85. The number of hydrogen-bond donors (Lipinski definition) is 5. The predicted octanol–water partition coefficient (Wildman–Crippen LogP) is 2.14. The molecule has 0 saturated carbocycles. The highest BCUT2D eigenvalue weighted by atomic mass is 16.5. The summed E-state index contributed by atoms with van der Waals surface area (Å²) in [5.41, 5.74) is 2.11. The molecule has 5 N–H and O–H groups in total. The number of fused-ring (bicyclic) bond motifs is 10. The Morgan fingerprint density at radius 3 is 2.44 bits per heavy atom. The lowest BCUT2D eigenvalue weighted by atomic mass is 9.99. The molecule has 15 nitrogen and oxygen atoms in total. The molecule has 1 fully saturated rings. The van der Waals surface area contributed by atoms with Crippen molar-refractivity contribution in [1.29, 1.82) is 0 Å². The molecule has 3 aliphatic rings. The number of likely N-dealkylation sites (tertiary alicyclic amines) is 1. The zero-order valence-electron chi connectivity index (χ0n) is 31.4. The topological polar surface area (TPSA) is 197 Å². The van der Waals surface area contributed by atoms with E-state index in [1.165, 1.54) is 4.90 Å². The molecule has 3 aliphatic heterocycles. The van der Waals surface area contributed by atoms with Gasteiger partial charge >= 0.3 is 5.97 Å². The van der Waals surface area contributed by atoms with E-state index in [1.807, 2.05) is 56.3 Å². The Labute approximate surface area is 319 Å². The second-order valence-corrected chi connectivity index (χ2v) is 14.6. The van der Waals surface area contributed by atoms with Crippen LogP contribution in [0, 0.1) is 5.92 Å². The zero-order valence-corrected chi connectivity index (χ0v) is 31.4. The summed E-state index contributed by atoms with van der Waals surface area (Å²) in [6, 6.07) is 15.3. The minimum Gasteiger partial charge on any atom is -0.487 e. The van der Waals surface area contributed by atoms with E-state index in [0.717, 1.165) is 16.3 Å². The molecule has 7 rings (SSSR count). The number of carbonyl (C=O) groups excluding carboxylic acids is 4. The summed E-state index contributed by atoms with van der Waals surface area (Å²) >= 11 is 0. The van der Waals surface area contributed by atoms with Crippen molar-refractivity contribution in [2.45, 2.75) is 89.3 Å². The first-order chi connectivity index (χ1) is 26.4. The normalized spacial score (nSPS) is 21.4. The molecular formula is C40H48N8O7. The molecular weight excluding hydrogens is 704 g/mol. The van der Waals surface area contributed by atoms with Crippen LogP contribution in [0.2, 0.25) is 0 Å². The van der Waals surface area contributed by atoms with Crippen molar-refractivity contribution in [3.63, 3.8) is 0 Å². The maximum atomic E-state index is 14.4. The van der Waals surface area contributed by atoms with Crippen LogP contribution in [-0.4, -0.2) is 98.4 Å². The number of aliphatic carboxylic acids is 1. The van der Waals surface area contributed by atoms with Gasteiger partial charge in [0, 0.05) is 19.4 Å². The third-order valence-electron chi connectivity index (χ3n) is 10.4. The molecule has 0 spiro atoms. The number of carboxylic acid groups (broad SMARTS) is 1. The van der Waals surface area contributed by atoms with E-state index in [1.54, 1.807) is 49.1 Å². The molecule has 0 aliphatic carbocycles. The summed E-state index contributed by atoms with van der Waals surface area (Å²) in [5, 5.41) is 32.1. The lowest BCUT2D eigenvalue weighted by Gasteiger charge is -2.31. The van der Waals surface area contributed by atoms with Crippen molar-refractivity contribution in [3.8, 4) is 5.75 Å². The molecule has 15 heteroatoms. The van der Waals surface area contributed by atoms with E-state index >= 15 is 0 Å². The van der Waals surface area contributed by atoms with Gasteiger partial charge in [-0.25, -0.2) is 9.48 Å². The maximum absolute atomic E-state index is 14.4. The predicted molar refractivity (Wildman–Crippen MR) is 203 cm³/mol. The van der Waals surface area contributed by atoms with Gasteiger partial charge in [0.15, 0.2) is 0 Å². The number of rotatable bonds is 9. The largest absolute Gasteiger partial charge is 0.487 e. The number of aryl methyl sites for hydroxylation is 1. The summed E-state index contributed by atoms with van der Waals surface area (Å²) in [6.07, 6.45) is 2.39. The Balaban J connectivity index is 1.34. The van der Waals surface area contributed by atoms with E-state index in [0.29, 0.717) is 23.4 Å². The van der Waals surface area contributed by atoms with Gasteiger partial charge in [-0.05, 0) is 66.8 Å². The first kappa shape index (κ1) is 38.9. The molecule has 1 saturated heterocycles. The van der Waals surface area contributed by atoms with Crippen LogP contribution in [0.1, 0.15) is 56.5 Å². The smallest absolute Gasteiger partial charge is 0.326 e. The van der Waals surface area contributed by atoms with Crippen LogP contribution in [-0.2, 0) is 43.4 Å². The van der Waals surface area contributed by atoms with Crippen molar-refractivity contribution in [1.82, 2.24) is 41.2 Å². The molecule has 1 aromatic heterocycles. The number of ether oxygens (including phenoxy) is 1. The molecule has 0 unspecified atom stereocenters. The third-order valence-corrected chi connectivity index (χ3v) is 10.4. The second kappa shape index (κ2) is 17.1. The van der Waals surface area contributed by atoms with Crippen molar-refractivity contribution >= 4 is 40.4 Å². The Bertz CT molecular complexity index is 2030. The van der Waals surface area contributed by atoms with Gasteiger partial charge in [0.1, 0.15) is 42.2 Å². The van der Waals surface area contributed by atoms with Gasteiger partial charge in [-0.3, -0.25) is 19.2 Å².